The van der Waals surface area contributed by atoms with Crippen LogP contribution in [0.25, 0.3) is 0 Å². The zero-order valence-corrected chi connectivity index (χ0v) is 11.1. The minimum Gasteiger partial charge on any atom is -0.311 e. The molecule has 0 radical (unpaired) electrons. The van der Waals surface area contributed by atoms with Gasteiger partial charge in [-0.25, -0.2) is 0 Å². The Balaban J connectivity index is 2.05. The molecule has 1 N–H and O–H groups in total. The summed E-state index contributed by atoms with van der Waals surface area (Å²) in [6.45, 7) is 10.1. The monoisotopic (exact) mass is 233 g/mol. The lowest BCUT2D eigenvalue weighted by Gasteiger charge is -2.41. The van der Waals surface area contributed by atoms with Crippen LogP contribution in [0.4, 0.5) is 0 Å². The van der Waals surface area contributed by atoms with Crippen LogP contribution in [0.3, 0.4) is 0 Å². The number of aromatic nitrogens is 1. The first-order valence-corrected chi connectivity index (χ1v) is 6.53. The molecule has 94 valence electrons. The van der Waals surface area contributed by atoms with Gasteiger partial charge in [0.25, 0.3) is 0 Å². The van der Waals surface area contributed by atoms with E-state index >= 15 is 0 Å². The van der Waals surface area contributed by atoms with Crippen molar-refractivity contribution >= 4 is 0 Å². The number of nitrogens with one attached hydrogen (secondary N) is 1. The van der Waals surface area contributed by atoms with Crippen molar-refractivity contribution in [3.8, 4) is 0 Å². The molecule has 2 unspecified atom stereocenters. The molecule has 0 bridgehead atoms. The van der Waals surface area contributed by atoms with E-state index in [1.807, 2.05) is 12.4 Å². The van der Waals surface area contributed by atoms with Crippen molar-refractivity contribution in [1.29, 1.82) is 0 Å². The summed E-state index contributed by atoms with van der Waals surface area (Å²) in [7, 11) is 0. The molecule has 1 aromatic rings. The van der Waals surface area contributed by atoms with Crippen molar-refractivity contribution in [1.82, 2.24) is 15.2 Å². The Morgan fingerprint density at radius 2 is 2.12 bits per heavy atom. The summed E-state index contributed by atoms with van der Waals surface area (Å²) in [6.07, 6.45) is 3.76. The smallest absolute Gasteiger partial charge is 0.0271 e. The molecule has 3 nitrogen and oxygen atoms in total. The molecule has 1 aliphatic rings. The normalized spacial score (nSPS) is 26.4. The van der Waals surface area contributed by atoms with Gasteiger partial charge >= 0.3 is 0 Å². The molecule has 1 aromatic heterocycles. The number of piperazine rings is 1. The maximum absolute atomic E-state index is 4.08. The fourth-order valence-corrected chi connectivity index (χ4v) is 2.56. The van der Waals surface area contributed by atoms with Crippen LogP contribution in [0.15, 0.2) is 24.5 Å². The van der Waals surface area contributed by atoms with Gasteiger partial charge in [-0.2, -0.15) is 0 Å². The zero-order chi connectivity index (χ0) is 12.3. The van der Waals surface area contributed by atoms with Crippen LogP contribution in [-0.2, 0) is 6.54 Å². The molecule has 0 amide bonds. The second-order valence-electron chi connectivity index (χ2n) is 5.41. The highest BCUT2D eigenvalue weighted by atomic mass is 15.2. The van der Waals surface area contributed by atoms with Crippen LogP contribution in [0.2, 0.25) is 0 Å². The van der Waals surface area contributed by atoms with E-state index in [0.29, 0.717) is 18.0 Å². The molecule has 1 aliphatic heterocycles. The minimum atomic E-state index is 0.590. The Bertz CT molecular complexity index is 337. The fourth-order valence-electron chi connectivity index (χ4n) is 2.56. The fraction of sp³-hybridized carbons (Fsp3) is 0.643. The SMILES string of the molecule is CC1CN(Cc2ccncc2)C(C(C)C)CN1. The van der Waals surface area contributed by atoms with Crippen LogP contribution in [0.5, 0.6) is 0 Å². The highest BCUT2D eigenvalue weighted by Crippen LogP contribution is 2.17. The van der Waals surface area contributed by atoms with Crippen molar-refractivity contribution < 1.29 is 0 Å². The van der Waals surface area contributed by atoms with Gasteiger partial charge in [0, 0.05) is 44.1 Å². The van der Waals surface area contributed by atoms with E-state index in [9.17, 15) is 0 Å². The van der Waals surface area contributed by atoms with Gasteiger partial charge in [-0.05, 0) is 30.5 Å². The third kappa shape index (κ3) is 3.27. The maximum Gasteiger partial charge on any atom is 0.0271 e. The lowest BCUT2D eigenvalue weighted by Crippen LogP contribution is -2.56. The van der Waals surface area contributed by atoms with Crippen molar-refractivity contribution in [2.45, 2.75) is 39.4 Å². The Morgan fingerprint density at radius 1 is 1.41 bits per heavy atom. The lowest BCUT2D eigenvalue weighted by atomic mass is 9.98. The third-order valence-electron chi connectivity index (χ3n) is 3.56. The van der Waals surface area contributed by atoms with Crippen LogP contribution in [0.1, 0.15) is 26.3 Å². The van der Waals surface area contributed by atoms with E-state index in [0.717, 1.165) is 19.6 Å². The van der Waals surface area contributed by atoms with E-state index in [1.165, 1.54) is 5.56 Å². The molecule has 2 heterocycles. The van der Waals surface area contributed by atoms with Crippen molar-refractivity contribution in [2.24, 2.45) is 5.92 Å². The largest absolute Gasteiger partial charge is 0.311 e. The van der Waals surface area contributed by atoms with E-state index in [1.54, 1.807) is 0 Å². The Labute approximate surface area is 104 Å². The average Bonchev–Trinajstić information content (AvgIpc) is 2.30. The predicted octanol–water partition coefficient (Wildman–Crippen LogP) is 1.90. The van der Waals surface area contributed by atoms with Crippen LogP contribution in [0, 0.1) is 5.92 Å². The van der Waals surface area contributed by atoms with E-state index in [2.05, 4.69) is 48.1 Å². The lowest BCUT2D eigenvalue weighted by molar-refractivity contribution is 0.0956. The summed E-state index contributed by atoms with van der Waals surface area (Å²) in [5.41, 5.74) is 1.36. The number of nitrogens with zero attached hydrogens (tertiary/aromatic N) is 2. The number of rotatable bonds is 3. The molecule has 0 aliphatic carbocycles. The van der Waals surface area contributed by atoms with Gasteiger partial charge in [-0.15, -0.1) is 0 Å². The van der Waals surface area contributed by atoms with Crippen molar-refractivity contribution in [3.63, 3.8) is 0 Å². The molecular formula is C14H23N3. The molecule has 1 fully saturated rings. The molecule has 2 rings (SSSR count). The quantitative estimate of drug-likeness (QED) is 0.864. The van der Waals surface area contributed by atoms with Gasteiger partial charge in [0.2, 0.25) is 0 Å². The molecule has 2 atom stereocenters. The first-order valence-electron chi connectivity index (χ1n) is 6.53. The maximum atomic E-state index is 4.08. The van der Waals surface area contributed by atoms with E-state index in [4.69, 9.17) is 0 Å². The molecule has 0 saturated carbocycles. The highest BCUT2D eigenvalue weighted by Gasteiger charge is 2.27. The molecular weight excluding hydrogens is 210 g/mol. The number of hydrogen-bond acceptors (Lipinski definition) is 3. The zero-order valence-electron chi connectivity index (χ0n) is 11.1. The molecule has 0 spiro atoms. The number of pyridine rings is 1. The summed E-state index contributed by atoms with van der Waals surface area (Å²) in [4.78, 5) is 6.68. The Morgan fingerprint density at radius 3 is 2.76 bits per heavy atom. The van der Waals surface area contributed by atoms with Crippen LogP contribution >= 0.6 is 0 Å². The second kappa shape index (κ2) is 5.61. The third-order valence-corrected chi connectivity index (χ3v) is 3.56. The van der Waals surface area contributed by atoms with Gasteiger partial charge in [-0.3, -0.25) is 9.88 Å². The first kappa shape index (κ1) is 12.5. The predicted molar refractivity (Wildman–Crippen MR) is 70.7 cm³/mol. The Kier molecular flexibility index (Phi) is 4.13. The molecule has 1 saturated heterocycles. The second-order valence-corrected chi connectivity index (χ2v) is 5.41. The average molecular weight is 233 g/mol. The molecule has 0 aromatic carbocycles. The minimum absolute atomic E-state index is 0.590. The van der Waals surface area contributed by atoms with Gasteiger partial charge in [-0.1, -0.05) is 13.8 Å². The first-order chi connectivity index (χ1) is 8.16. The van der Waals surface area contributed by atoms with Gasteiger partial charge in [0.05, 0.1) is 0 Å². The molecule has 3 heteroatoms. The summed E-state index contributed by atoms with van der Waals surface area (Å²) in [6, 6.07) is 5.46. The topological polar surface area (TPSA) is 28.2 Å². The van der Waals surface area contributed by atoms with Crippen LogP contribution < -0.4 is 5.32 Å². The summed E-state index contributed by atoms with van der Waals surface area (Å²) < 4.78 is 0. The van der Waals surface area contributed by atoms with Crippen LogP contribution in [-0.4, -0.2) is 35.1 Å². The summed E-state index contributed by atoms with van der Waals surface area (Å²) >= 11 is 0. The Hall–Kier alpha value is -0.930. The highest BCUT2D eigenvalue weighted by molar-refractivity contribution is 5.10. The number of hydrogen-bond donors (Lipinski definition) is 1. The van der Waals surface area contributed by atoms with E-state index in [-0.39, 0.29) is 0 Å². The molecule has 17 heavy (non-hydrogen) atoms. The van der Waals surface area contributed by atoms with Crippen molar-refractivity contribution in [3.05, 3.63) is 30.1 Å². The van der Waals surface area contributed by atoms with E-state index < -0.39 is 0 Å². The van der Waals surface area contributed by atoms with Gasteiger partial charge in [0.1, 0.15) is 0 Å². The van der Waals surface area contributed by atoms with Gasteiger partial charge < -0.3 is 5.32 Å². The van der Waals surface area contributed by atoms with Crippen molar-refractivity contribution in [2.75, 3.05) is 13.1 Å². The standard InChI is InChI=1S/C14H23N3/c1-11(2)14-8-16-12(3)9-17(14)10-13-4-6-15-7-5-13/h4-7,11-12,14,16H,8-10H2,1-3H3. The summed E-state index contributed by atoms with van der Waals surface area (Å²) in [5, 5.41) is 3.58. The van der Waals surface area contributed by atoms with Gasteiger partial charge in [0.15, 0.2) is 0 Å². The summed E-state index contributed by atoms with van der Waals surface area (Å²) in [5.74, 6) is 0.692.